The highest BCUT2D eigenvalue weighted by molar-refractivity contribution is 7.13. The third-order valence-corrected chi connectivity index (χ3v) is 3.94. The Kier molecular flexibility index (Phi) is 3.28. The highest BCUT2D eigenvalue weighted by Crippen LogP contribution is 2.42. The molecule has 1 aromatic rings. The molecule has 0 aliphatic heterocycles. The van der Waals surface area contributed by atoms with Crippen LogP contribution >= 0.6 is 11.3 Å². The Hall–Kier alpha value is -0.900. The average molecular weight is 238 g/mol. The van der Waals surface area contributed by atoms with Crippen LogP contribution in [0.4, 0.5) is 0 Å². The normalized spacial score (nSPS) is 15.5. The molecular formula is C12H18N2OS. The molecule has 0 atom stereocenters. The van der Waals surface area contributed by atoms with Crippen LogP contribution < -0.4 is 5.32 Å². The van der Waals surface area contributed by atoms with Crippen molar-refractivity contribution in [3.05, 3.63) is 15.6 Å². The summed E-state index contributed by atoms with van der Waals surface area (Å²) in [5.41, 5.74) is 0.883. The number of hydrogen-bond acceptors (Lipinski definition) is 3. The number of amides is 1. The number of rotatable bonds is 4. The van der Waals surface area contributed by atoms with Crippen molar-refractivity contribution in [2.75, 3.05) is 6.54 Å². The fraction of sp³-hybridized carbons (Fsp3) is 0.667. The molecule has 0 radical (unpaired) electrons. The summed E-state index contributed by atoms with van der Waals surface area (Å²) in [6.07, 6.45) is 2.47. The number of thiazole rings is 1. The predicted octanol–water partition coefficient (Wildman–Crippen LogP) is 2.71. The van der Waals surface area contributed by atoms with Gasteiger partial charge in [0.15, 0.2) is 0 Å². The van der Waals surface area contributed by atoms with Crippen molar-refractivity contribution in [1.29, 1.82) is 0 Å². The minimum absolute atomic E-state index is 0.0376. The van der Waals surface area contributed by atoms with Crippen LogP contribution in [0.5, 0.6) is 0 Å². The molecule has 2 rings (SSSR count). The molecule has 0 bridgehead atoms. The molecule has 1 aliphatic carbocycles. The second-order valence-corrected chi connectivity index (χ2v) is 5.88. The fourth-order valence-corrected chi connectivity index (χ4v) is 2.66. The van der Waals surface area contributed by atoms with Gasteiger partial charge in [-0.2, -0.15) is 0 Å². The summed E-state index contributed by atoms with van der Waals surface area (Å²) in [6, 6.07) is 0. The third kappa shape index (κ3) is 2.61. The van der Waals surface area contributed by atoms with Gasteiger partial charge in [-0.1, -0.05) is 13.8 Å². The Balaban J connectivity index is 2.04. The molecule has 1 aromatic heterocycles. The van der Waals surface area contributed by atoms with Crippen molar-refractivity contribution < 1.29 is 4.79 Å². The van der Waals surface area contributed by atoms with Crippen LogP contribution in [0.2, 0.25) is 0 Å². The van der Waals surface area contributed by atoms with Gasteiger partial charge in [0.2, 0.25) is 0 Å². The average Bonchev–Trinajstić information content (AvgIpc) is 2.99. The molecule has 0 aromatic carbocycles. The van der Waals surface area contributed by atoms with E-state index in [4.69, 9.17) is 0 Å². The lowest BCUT2D eigenvalue weighted by atomic mass is 10.2. The van der Waals surface area contributed by atoms with Crippen LogP contribution in [0.3, 0.4) is 0 Å². The maximum atomic E-state index is 11.9. The largest absolute Gasteiger partial charge is 0.351 e. The summed E-state index contributed by atoms with van der Waals surface area (Å²) >= 11 is 1.57. The van der Waals surface area contributed by atoms with Gasteiger partial charge in [0, 0.05) is 12.5 Å². The molecule has 1 aliphatic rings. The number of carbonyl (C=O) groups excluding carboxylic acids is 1. The molecular weight excluding hydrogens is 220 g/mol. The van der Waals surface area contributed by atoms with Gasteiger partial charge in [-0.3, -0.25) is 4.79 Å². The van der Waals surface area contributed by atoms with E-state index in [1.807, 2.05) is 6.92 Å². The molecule has 0 unspecified atom stereocenters. The van der Waals surface area contributed by atoms with Gasteiger partial charge >= 0.3 is 0 Å². The van der Waals surface area contributed by atoms with Crippen LogP contribution in [-0.2, 0) is 0 Å². The number of carbonyl (C=O) groups is 1. The summed E-state index contributed by atoms with van der Waals surface area (Å²) in [7, 11) is 0. The third-order valence-electron chi connectivity index (χ3n) is 2.62. The van der Waals surface area contributed by atoms with Crippen LogP contribution in [-0.4, -0.2) is 17.4 Å². The quantitative estimate of drug-likeness (QED) is 0.876. The second-order valence-electron chi connectivity index (χ2n) is 4.84. The van der Waals surface area contributed by atoms with Crippen LogP contribution in [0.15, 0.2) is 0 Å². The van der Waals surface area contributed by atoms with E-state index in [9.17, 15) is 4.79 Å². The predicted molar refractivity (Wildman–Crippen MR) is 66.0 cm³/mol. The maximum Gasteiger partial charge on any atom is 0.263 e. The number of nitrogens with zero attached hydrogens (tertiary/aromatic N) is 1. The maximum absolute atomic E-state index is 11.9. The van der Waals surface area contributed by atoms with Gasteiger partial charge < -0.3 is 5.32 Å². The lowest BCUT2D eigenvalue weighted by Gasteiger charge is -2.05. The van der Waals surface area contributed by atoms with Crippen molar-refractivity contribution in [2.45, 2.75) is 39.5 Å². The lowest BCUT2D eigenvalue weighted by Crippen LogP contribution is -2.27. The molecule has 1 saturated carbocycles. The smallest absolute Gasteiger partial charge is 0.263 e. The van der Waals surface area contributed by atoms with Crippen LogP contribution in [0, 0.1) is 12.8 Å². The molecule has 1 fully saturated rings. The van der Waals surface area contributed by atoms with Crippen molar-refractivity contribution in [3.63, 3.8) is 0 Å². The number of aryl methyl sites for hydroxylation is 1. The summed E-state index contributed by atoms with van der Waals surface area (Å²) in [5.74, 6) is 1.16. The van der Waals surface area contributed by atoms with E-state index in [-0.39, 0.29) is 5.91 Å². The number of nitrogens with one attached hydrogen (secondary N) is 1. The van der Waals surface area contributed by atoms with Gasteiger partial charge in [0.1, 0.15) is 4.88 Å². The zero-order chi connectivity index (χ0) is 11.7. The molecule has 1 heterocycles. The first kappa shape index (κ1) is 11.6. The zero-order valence-electron chi connectivity index (χ0n) is 10.0. The Morgan fingerprint density at radius 1 is 1.56 bits per heavy atom. The molecule has 16 heavy (non-hydrogen) atoms. The Labute approximate surface area is 100 Å². The first-order valence-electron chi connectivity index (χ1n) is 5.83. The summed E-state index contributed by atoms with van der Waals surface area (Å²) in [6.45, 7) is 6.84. The van der Waals surface area contributed by atoms with E-state index in [0.717, 1.165) is 22.1 Å². The SMILES string of the molecule is Cc1nc(C2CC2)sc1C(=O)NCC(C)C. The highest BCUT2D eigenvalue weighted by Gasteiger charge is 2.28. The van der Waals surface area contributed by atoms with Gasteiger partial charge in [-0.15, -0.1) is 11.3 Å². The molecule has 1 N–H and O–H groups in total. The van der Waals surface area contributed by atoms with E-state index < -0.39 is 0 Å². The summed E-state index contributed by atoms with van der Waals surface area (Å²) < 4.78 is 0. The van der Waals surface area contributed by atoms with E-state index in [2.05, 4.69) is 24.1 Å². The zero-order valence-corrected chi connectivity index (χ0v) is 10.9. The van der Waals surface area contributed by atoms with Gasteiger partial charge in [0.25, 0.3) is 5.91 Å². The lowest BCUT2D eigenvalue weighted by molar-refractivity contribution is 0.0952. The standard InChI is InChI=1S/C12H18N2OS/c1-7(2)6-13-11(15)10-8(3)14-12(16-10)9-4-5-9/h7,9H,4-6H2,1-3H3,(H,13,15). The Morgan fingerprint density at radius 3 is 2.81 bits per heavy atom. The molecule has 1 amide bonds. The van der Waals surface area contributed by atoms with Crippen LogP contribution in [0.1, 0.15) is 53.0 Å². The Morgan fingerprint density at radius 2 is 2.25 bits per heavy atom. The molecule has 4 heteroatoms. The monoisotopic (exact) mass is 238 g/mol. The van der Waals surface area contributed by atoms with E-state index >= 15 is 0 Å². The molecule has 0 spiro atoms. The second kappa shape index (κ2) is 4.53. The van der Waals surface area contributed by atoms with Crippen molar-refractivity contribution in [1.82, 2.24) is 10.3 Å². The Bertz CT molecular complexity index is 394. The topological polar surface area (TPSA) is 42.0 Å². The molecule has 0 saturated heterocycles. The van der Waals surface area contributed by atoms with Gasteiger partial charge in [-0.05, 0) is 25.7 Å². The van der Waals surface area contributed by atoms with Crippen molar-refractivity contribution >= 4 is 17.2 Å². The van der Waals surface area contributed by atoms with Crippen molar-refractivity contribution in [3.8, 4) is 0 Å². The van der Waals surface area contributed by atoms with Crippen LogP contribution in [0.25, 0.3) is 0 Å². The van der Waals surface area contributed by atoms with Gasteiger partial charge in [0.05, 0.1) is 10.7 Å². The number of aromatic nitrogens is 1. The minimum atomic E-state index is 0.0376. The highest BCUT2D eigenvalue weighted by atomic mass is 32.1. The van der Waals surface area contributed by atoms with E-state index in [0.29, 0.717) is 11.8 Å². The van der Waals surface area contributed by atoms with E-state index in [1.165, 1.54) is 12.8 Å². The van der Waals surface area contributed by atoms with Crippen molar-refractivity contribution in [2.24, 2.45) is 5.92 Å². The summed E-state index contributed by atoms with van der Waals surface area (Å²) in [5, 5.41) is 4.09. The molecule has 88 valence electrons. The van der Waals surface area contributed by atoms with E-state index in [1.54, 1.807) is 11.3 Å². The van der Waals surface area contributed by atoms with Gasteiger partial charge in [-0.25, -0.2) is 4.98 Å². The minimum Gasteiger partial charge on any atom is -0.351 e. The first-order valence-corrected chi connectivity index (χ1v) is 6.65. The molecule has 3 nitrogen and oxygen atoms in total. The number of hydrogen-bond donors (Lipinski definition) is 1. The fourth-order valence-electron chi connectivity index (χ4n) is 1.51. The first-order chi connectivity index (χ1) is 7.58. The summed E-state index contributed by atoms with van der Waals surface area (Å²) in [4.78, 5) is 17.2.